The molecule has 0 saturated heterocycles. The highest BCUT2D eigenvalue weighted by molar-refractivity contribution is 9.10. The topological polar surface area (TPSA) is 78.0 Å². The van der Waals surface area contributed by atoms with Gasteiger partial charge in [0.05, 0.1) is 21.8 Å². The fourth-order valence-electron chi connectivity index (χ4n) is 2.64. The van der Waals surface area contributed by atoms with Gasteiger partial charge < -0.3 is 10.4 Å². The van der Waals surface area contributed by atoms with Gasteiger partial charge >= 0.3 is 0 Å². The van der Waals surface area contributed by atoms with Crippen molar-refractivity contribution in [3.63, 3.8) is 0 Å². The minimum absolute atomic E-state index is 0.00719. The SMILES string of the molecule is O=C(NCCCCc1n[nH]c2cc(Cl)c(Br)cc12)c1ccccc1O. The molecule has 130 valence electrons. The highest BCUT2D eigenvalue weighted by Crippen LogP contribution is 2.29. The molecular weight excluding hydrogens is 406 g/mol. The van der Waals surface area contributed by atoms with E-state index in [9.17, 15) is 9.90 Å². The molecule has 25 heavy (non-hydrogen) atoms. The molecule has 1 heterocycles. The lowest BCUT2D eigenvalue weighted by Crippen LogP contribution is -2.24. The predicted octanol–water partition coefficient (Wildman–Crippen LogP) is 4.44. The van der Waals surface area contributed by atoms with Crippen LogP contribution in [0.15, 0.2) is 40.9 Å². The number of hydrogen-bond acceptors (Lipinski definition) is 3. The lowest BCUT2D eigenvalue weighted by Gasteiger charge is -2.06. The van der Waals surface area contributed by atoms with Crippen molar-refractivity contribution in [3.8, 4) is 5.75 Å². The molecule has 2 aromatic carbocycles. The number of aromatic amines is 1. The van der Waals surface area contributed by atoms with Gasteiger partial charge in [0, 0.05) is 16.4 Å². The normalized spacial score (nSPS) is 11.0. The molecule has 0 aliphatic carbocycles. The molecule has 7 heteroatoms. The molecule has 3 rings (SSSR count). The number of fused-ring (bicyclic) bond motifs is 1. The van der Waals surface area contributed by atoms with Crippen LogP contribution >= 0.6 is 27.5 Å². The van der Waals surface area contributed by atoms with Crippen LogP contribution in [0.3, 0.4) is 0 Å². The molecule has 0 spiro atoms. The van der Waals surface area contributed by atoms with E-state index < -0.39 is 0 Å². The quantitative estimate of drug-likeness (QED) is 0.514. The average molecular weight is 423 g/mol. The summed E-state index contributed by atoms with van der Waals surface area (Å²) in [5, 5.41) is 21.5. The van der Waals surface area contributed by atoms with Crippen molar-refractivity contribution in [2.45, 2.75) is 19.3 Å². The first-order valence-electron chi connectivity index (χ1n) is 7.94. The van der Waals surface area contributed by atoms with Crippen LogP contribution in [0.1, 0.15) is 28.9 Å². The first-order chi connectivity index (χ1) is 12.1. The van der Waals surface area contributed by atoms with Gasteiger partial charge in [-0.2, -0.15) is 5.10 Å². The van der Waals surface area contributed by atoms with Crippen molar-refractivity contribution in [1.82, 2.24) is 15.5 Å². The minimum Gasteiger partial charge on any atom is -0.507 e. The van der Waals surface area contributed by atoms with Gasteiger partial charge in [-0.1, -0.05) is 23.7 Å². The van der Waals surface area contributed by atoms with E-state index in [1.165, 1.54) is 6.07 Å². The zero-order valence-electron chi connectivity index (χ0n) is 13.4. The van der Waals surface area contributed by atoms with Gasteiger partial charge in [-0.25, -0.2) is 0 Å². The average Bonchev–Trinajstić information content (AvgIpc) is 2.97. The van der Waals surface area contributed by atoms with Crippen LogP contribution in [0, 0.1) is 0 Å². The fraction of sp³-hybridized carbons (Fsp3) is 0.222. The molecule has 0 atom stereocenters. The van der Waals surface area contributed by atoms with Crippen molar-refractivity contribution >= 4 is 44.3 Å². The third kappa shape index (κ3) is 4.14. The number of halogens is 2. The fourth-order valence-corrected chi connectivity index (χ4v) is 3.14. The molecule has 0 saturated carbocycles. The Morgan fingerprint density at radius 1 is 1.28 bits per heavy atom. The smallest absolute Gasteiger partial charge is 0.255 e. The summed E-state index contributed by atoms with van der Waals surface area (Å²) in [5.74, 6) is -0.269. The molecule has 0 fully saturated rings. The van der Waals surface area contributed by atoms with Gasteiger partial charge in [0.15, 0.2) is 0 Å². The largest absolute Gasteiger partial charge is 0.507 e. The number of benzene rings is 2. The first kappa shape index (κ1) is 17.8. The number of aromatic hydroxyl groups is 1. The van der Waals surface area contributed by atoms with Crippen molar-refractivity contribution in [2.24, 2.45) is 0 Å². The zero-order valence-corrected chi connectivity index (χ0v) is 15.7. The molecule has 0 unspecified atom stereocenters. The number of para-hydroxylation sites is 1. The van der Waals surface area contributed by atoms with Gasteiger partial charge in [-0.3, -0.25) is 9.89 Å². The highest BCUT2D eigenvalue weighted by Gasteiger charge is 2.10. The number of unbranched alkanes of at least 4 members (excludes halogenated alkanes) is 1. The predicted molar refractivity (Wildman–Crippen MR) is 102 cm³/mol. The Morgan fingerprint density at radius 2 is 2.08 bits per heavy atom. The summed E-state index contributed by atoms with van der Waals surface area (Å²) < 4.78 is 0.847. The number of phenols is 1. The van der Waals surface area contributed by atoms with Gasteiger partial charge in [-0.05, 0) is 59.5 Å². The summed E-state index contributed by atoms with van der Waals surface area (Å²) in [5.41, 5.74) is 2.19. The third-order valence-corrected chi connectivity index (χ3v) is 5.15. The van der Waals surface area contributed by atoms with Crippen LogP contribution < -0.4 is 5.32 Å². The van der Waals surface area contributed by atoms with E-state index in [1.54, 1.807) is 18.2 Å². The second kappa shape index (κ2) is 7.89. The maximum absolute atomic E-state index is 12.0. The standard InChI is InChI=1S/C18H17BrClN3O2/c19-13-9-12-15(22-23-16(12)10-14(13)20)6-3-4-8-21-18(25)11-5-1-2-7-17(11)24/h1-2,5,7,9-10,24H,3-4,6,8H2,(H,21,25)(H,22,23). The number of rotatable bonds is 6. The maximum Gasteiger partial charge on any atom is 0.255 e. The molecule has 3 aromatic rings. The lowest BCUT2D eigenvalue weighted by molar-refractivity contribution is 0.0950. The van der Waals surface area contributed by atoms with Crippen LogP contribution in [0.5, 0.6) is 5.75 Å². The Balaban J connectivity index is 1.50. The van der Waals surface area contributed by atoms with Crippen molar-refractivity contribution in [3.05, 3.63) is 57.2 Å². The van der Waals surface area contributed by atoms with E-state index in [4.69, 9.17) is 11.6 Å². The van der Waals surface area contributed by atoms with Gasteiger partial charge in [0.25, 0.3) is 5.91 Å². The van der Waals surface area contributed by atoms with Crippen LogP contribution in [0.25, 0.3) is 10.9 Å². The van der Waals surface area contributed by atoms with Gasteiger partial charge in [-0.15, -0.1) is 0 Å². The van der Waals surface area contributed by atoms with E-state index in [-0.39, 0.29) is 11.7 Å². The van der Waals surface area contributed by atoms with E-state index in [1.807, 2.05) is 12.1 Å². The van der Waals surface area contributed by atoms with Crippen LogP contribution in [-0.4, -0.2) is 27.8 Å². The summed E-state index contributed by atoms with van der Waals surface area (Å²) in [6.45, 7) is 0.547. The Labute approximate surface area is 158 Å². The molecule has 1 amide bonds. The van der Waals surface area contributed by atoms with Crippen LogP contribution in [0.2, 0.25) is 5.02 Å². The van der Waals surface area contributed by atoms with E-state index in [0.29, 0.717) is 17.1 Å². The number of carbonyl (C=O) groups excluding carboxylic acids is 1. The van der Waals surface area contributed by atoms with Gasteiger partial charge in [0.1, 0.15) is 5.75 Å². The van der Waals surface area contributed by atoms with Crippen LogP contribution in [-0.2, 0) is 6.42 Å². The Bertz CT molecular complexity index is 910. The molecule has 0 aliphatic heterocycles. The molecule has 0 bridgehead atoms. The van der Waals surface area contributed by atoms with Crippen molar-refractivity contribution in [1.29, 1.82) is 0 Å². The summed E-state index contributed by atoms with van der Waals surface area (Å²) in [6, 6.07) is 10.3. The Hall–Kier alpha value is -2.05. The number of nitrogens with one attached hydrogen (secondary N) is 2. The summed E-state index contributed by atoms with van der Waals surface area (Å²) in [6.07, 6.45) is 2.52. The number of nitrogens with zero attached hydrogens (tertiary/aromatic N) is 1. The number of H-pyrrole nitrogens is 1. The van der Waals surface area contributed by atoms with Crippen molar-refractivity contribution in [2.75, 3.05) is 6.54 Å². The summed E-state index contributed by atoms with van der Waals surface area (Å²) >= 11 is 9.51. The second-order valence-electron chi connectivity index (χ2n) is 5.71. The summed E-state index contributed by atoms with van der Waals surface area (Å²) in [4.78, 5) is 12.0. The lowest BCUT2D eigenvalue weighted by atomic mass is 10.1. The molecule has 0 aliphatic rings. The monoisotopic (exact) mass is 421 g/mol. The molecular formula is C18H17BrClN3O2. The number of carbonyl (C=O) groups is 1. The first-order valence-corrected chi connectivity index (χ1v) is 9.11. The van der Waals surface area contributed by atoms with E-state index in [2.05, 4.69) is 31.4 Å². The molecule has 1 aromatic heterocycles. The van der Waals surface area contributed by atoms with Crippen LogP contribution in [0.4, 0.5) is 0 Å². The Morgan fingerprint density at radius 3 is 2.88 bits per heavy atom. The molecule has 0 radical (unpaired) electrons. The van der Waals surface area contributed by atoms with Crippen molar-refractivity contribution < 1.29 is 9.90 Å². The number of aromatic nitrogens is 2. The minimum atomic E-state index is -0.262. The van der Waals surface area contributed by atoms with Gasteiger partial charge in [0.2, 0.25) is 0 Å². The second-order valence-corrected chi connectivity index (χ2v) is 6.97. The highest BCUT2D eigenvalue weighted by atomic mass is 79.9. The zero-order chi connectivity index (χ0) is 17.8. The van der Waals surface area contributed by atoms with E-state index >= 15 is 0 Å². The Kier molecular flexibility index (Phi) is 5.60. The summed E-state index contributed by atoms with van der Waals surface area (Å²) in [7, 11) is 0. The van der Waals surface area contributed by atoms with E-state index in [0.717, 1.165) is 40.3 Å². The number of amides is 1. The molecule has 3 N–H and O–H groups in total. The maximum atomic E-state index is 12.0. The third-order valence-electron chi connectivity index (χ3n) is 3.96. The molecule has 5 nitrogen and oxygen atoms in total. The number of phenolic OH excluding ortho intramolecular Hbond substituents is 1. The number of hydrogen-bond donors (Lipinski definition) is 3. The number of aryl methyl sites for hydroxylation is 1.